The standard InChI is InChI=1S/C15H9Cl2F2NO3/c16-8-4-9(14(20)10(17)5-8)15(22)23-6-13(21)7-1-2-11(18)12(19)3-7/h1-5H,6,20H2. The fourth-order valence-electron chi connectivity index (χ4n) is 1.72. The van der Waals surface area contributed by atoms with E-state index >= 15 is 0 Å². The molecule has 2 aromatic rings. The zero-order valence-corrected chi connectivity index (χ0v) is 12.9. The number of carbonyl (C=O) groups is 2. The Morgan fingerprint density at radius 2 is 1.78 bits per heavy atom. The van der Waals surface area contributed by atoms with Gasteiger partial charge in [0.2, 0.25) is 0 Å². The van der Waals surface area contributed by atoms with Crippen molar-refractivity contribution >= 4 is 40.6 Å². The van der Waals surface area contributed by atoms with Crippen LogP contribution in [0.5, 0.6) is 0 Å². The number of halogens is 4. The summed E-state index contributed by atoms with van der Waals surface area (Å²) in [4.78, 5) is 23.7. The summed E-state index contributed by atoms with van der Waals surface area (Å²) in [5, 5.41) is 0.236. The van der Waals surface area contributed by atoms with Crippen LogP contribution < -0.4 is 5.73 Å². The maximum Gasteiger partial charge on any atom is 0.340 e. The normalized spacial score (nSPS) is 10.4. The number of esters is 1. The molecule has 0 spiro atoms. The maximum absolute atomic E-state index is 13.1. The van der Waals surface area contributed by atoms with E-state index in [-0.39, 0.29) is 26.9 Å². The van der Waals surface area contributed by atoms with E-state index in [0.717, 1.165) is 18.2 Å². The van der Waals surface area contributed by atoms with Crippen molar-refractivity contribution in [3.8, 4) is 0 Å². The summed E-state index contributed by atoms with van der Waals surface area (Å²) in [7, 11) is 0. The first-order valence-electron chi connectivity index (χ1n) is 6.19. The molecule has 0 aliphatic heterocycles. The van der Waals surface area contributed by atoms with Crippen LogP contribution in [0.1, 0.15) is 20.7 Å². The summed E-state index contributed by atoms with van der Waals surface area (Å²) in [6.45, 7) is -0.673. The fourth-order valence-corrected chi connectivity index (χ4v) is 2.21. The Hall–Kier alpha value is -2.18. The summed E-state index contributed by atoms with van der Waals surface area (Å²) in [5.41, 5.74) is 5.37. The molecule has 0 radical (unpaired) electrons. The summed E-state index contributed by atoms with van der Waals surface area (Å²) in [6, 6.07) is 5.20. The largest absolute Gasteiger partial charge is 0.454 e. The molecular formula is C15H9Cl2F2NO3. The molecule has 0 bridgehead atoms. The van der Waals surface area contributed by atoms with Gasteiger partial charge in [-0.2, -0.15) is 0 Å². The molecule has 23 heavy (non-hydrogen) atoms. The summed E-state index contributed by atoms with van der Waals surface area (Å²) in [5.74, 6) is -3.88. The highest BCUT2D eigenvalue weighted by Gasteiger charge is 2.17. The van der Waals surface area contributed by atoms with Gasteiger partial charge in [0.15, 0.2) is 24.0 Å². The number of nitrogens with two attached hydrogens (primary N) is 1. The molecule has 0 aliphatic carbocycles. The van der Waals surface area contributed by atoms with Crippen LogP contribution in [0, 0.1) is 11.6 Å². The number of benzene rings is 2. The number of hydrogen-bond acceptors (Lipinski definition) is 4. The second kappa shape index (κ2) is 6.93. The molecule has 0 atom stereocenters. The maximum atomic E-state index is 13.1. The van der Waals surface area contributed by atoms with Crippen LogP contribution in [0.25, 0.3) is 0 Å². The van der Waals surface area contributed by atoms with Gasteiger partial charge >= 0.3 is 5.97 Å². The molecule has 0 amide bonds. The van der Waals surface area contributed by atoms with Crippen molar-refractivity contribution in [1.29, 1.82) is 0 Å². The first kappa shape index (κ1) is 17.2. The molecule has 0 heterocycles. The minimum atomic E-state index is -1.17. The first-order chi connectivity index (χ1) is 10.8. The minimum absolute atomic E-state index is 0.0404. The Labute approximate surface area is 139 Å². The van der Waals surface area contributed by atoms with Gasteiger partial charge in [0.25, 0.3) is 0 Å². The highest BCUT2D eigenvalue weighted by molar-refractivity contribution is 6.37. The molecule has 0 aliphatic rings. The molecule has 120 valence electrons. The lowest BCUT2D eigenvalue weighted by Crippen LogP contribution is -2.16. The number of nitrogen functional groups attached to an aromatic ring is 1. The van der Waals surface area contributed by atoms with Crippen molar-refractivity contribution in [2.75, 3.05) is 12.3 Å². The number of rotatable bonds is 4. The van der Waals surface area contributed by atoms with E-state index in [1.807, 2.05) is 0 Å². The van der Waals surface area contributed by atoms with E-state index in [1.165, 1.54) is 12.1 Å². The predicted molar refractivity (Wildman–Crippen MR) is 81.8 cm³/mol. The van der Waals surface area contributed by atoms with Crippen molar-refractivity contribution in [2.24, 2.45) is 0 Å². The number of anilines is 1. The third-order valence-electron chi connectivity index (χ3n) is 2.89. The topological polar surface area (TPSA) is 69.4 Å². The van der Waals surface area contributed by atoms with Crippen LogP contribution in [-0.2, 0) is 4.74 Å². The minimum Gasteiger partial charge on any atom is -0.454 e. The van der Waals surface area contributed by atoms with Gasteiger partial charge in [0.1, 0.15) is 0 Å². The molecule has 8 heteroatoms. The van der Waals surface area contributed by atoms with Crippen LogP contribution in [0.3, 0.4) is 0 Å². The Kier molecular flexibility index (Phi) is 5.18. The number of hydrogen-bond donors (Lipinski definition) is 1. The summed E-state index contributed by atoms with van der Waals surface area (Å²) in [6.07, 6.45) is 0. The average molecular weight is 360 g/mol. The Bertz CT molecular complexity index is 797. The SMILES string of the molecule is Nc1c(Cl)cc(Cl)cc1C(=O)OCC(=O)c1ccc(F)c(F)c1. The summed E-state index contributed by atoms with van der Waals surface area (Å²) < 4.78 is 30.7. The molecule has 0 fully saturated rings. The predicted octanol–water partition coefficient (Wildman–Crippen LogP) is 3.89. The monoisotopic (exact) mass is 359 g/mol. The number of Topliss-reactive ketones (excluding diaryl/α,β-unsaturated/α-hetero) is 1. The van der Waals surface area contributed by atoms with Gasteiger partial charge in [-0.3, -0.25) is 4.79 Å². The molecule has 0 unspecified atom stereocenters. The van der Waals surface area contributed by atoms with Crippen molar-refractivity contribution < 1.29 is 23.1 Å². The lowest BCUT2D eigenvalue weighted by atomic mass is 10.1. The van der Waals surface area contributed by atoms with Crippen LogP contribution in [0.15, 0.2) is 30.3 Å². The molecular weight excluding hydrogens is 351 g/mol. The summed E-state index contributed by atoms with van der Waals surface area (Å²) >= 11 is 11.6. The van der Waals surface area contributed by atoms with Gasteiger partial charge in [0.05, 0.1) is 16.3 Å². The van der Waals surface area contributed by atoms with Gasteiger partial charge in [-0.1, -0.05) is 23.2 Å². The molecule has 0 saturated heterocycles. The number of ether oxygens (including phenoxy) is 1. The van der Waals surface area contributed by atoms with Gasteiger partial charge in [0, 0.05) is 10.6 Å². The lowest BCUT2D eigenvalue weighted by Gasteiger charge is -2.08. The number of carbonyl (C=O) groups excluding carboxylic acids is 2. The van der Waals surface area contributed by atoms with Crippen molar-refractivity contribution in [3.05, 3.63) is 63.1 Å². The van der Waals surface area contributed by atoms with Crippen molar-refractivity contribution in [2.45, 2.75) is 0 Å². The van der Waals surface area contributed by atoms with E-state index in [2.05, 4.69) is 0 Å². The highest BCUT2D eigenvalue weighted by atomic mass is 35.5. The Morgan fingerprint density at radius 1 is 1.09 bits per heavy atom. The second-order valence-corrected chi connectivity index (χ2v) is 5.32. The molecule has 2 rings (SSSR count). The highest BCUT2D eigenvalue weighted by Crippen LogP contribution is 2.28. The van der Waals surface area contributed by atoms with E-state index in [0.29, 0.717) is 0 Å². The van der Waals surface area contributed by atoms with Crippen LogP contribution in [0.4, 0.5) is 14.5 Å². The zero-order valence-electron chi connectivity index (χ0n) is 11.4. The van der Waals surface area contributed by atoms with Crippen LogP contribution in [-0.4, -0.2) is 18.4 Å². The molecule has 0 saturated carbocycles. The van der Waals surface area contributed by atoms with Gasteiger partial charge in [-0.05, 0) is 30.3 Å². The average Bonchev–Trinajstić information content (AvgIpc) is 2.50. The second-order valence-electron chi connectivity index (χ2n) is 4.48. The Balaban J connectivity index is 2.10. The van der Waals surface area contributed by atoms with E-state index in [9.17, 15) is 18.4 Å². The smallest absolute Gasteiger partial charge is 0.340 e. The Morgan fingerprint density at radius 3 is 2.43 bits per heavy atom. The van der Waals surface area contributed by atoms with Crippen molar-refractivity contribution in [1.82, 2.24) is 0 Å². The van der Waals surface area contributed by atoms with Crippen molar-refractivity contribution in [3.63, 3.8) is 0 Å². The van der Waals surface area contributed by atoms with E-state index in [4.69, 9.17) is 33.7 Å². The zero-order chi connectivity index (χ0) is 17.1. The van der Waals surface area contributed by atoms with Gasteiger partial charge < -0.3 is 10.5 Å². The van der Waals surface area contributed by atoms with Gasteiger partial charge in [-0.15, -0.1) is 0 Å². The molecule has 0 aromatic heterocycles. The van der Waals surface area contributed by atoms with Crippen LogP contribution in [0.2, 0.25) is 10.0 Å². The van der Waals surface area contributed by atoms with E-state index in [1.54, 1.807) is 0 Å². The lowest BCUT2D eigenvalue weighted by molar-refractivity contribution is 0.0475. The number of ketones is 1. The third-order valence-corrected chi connectivity index (χ3v) is 3.42. The third kappa shape index (κ3) is 3.97. The molecule has 4 nitrogen and oxygen atoms in total. The van der Waals surface area contributed by atoms with Gasteiger partial charge in [-0.25, -0.2) is 13.6 Å². The molecule has 2 N–H and O–H groups in total. The molecule has 2 aromatic carbocycles. The van der Waals surface area contributed by atoms with Crippen LogP contribution >= 0.6 is 23.2 Å². The quantitative estimate of drug-likeness (QED) is 0.510. The van der Waals surface area contributed by atoms with E-state index < -0.39 is 30.0 Å². The first-order valence-corrected chi connectivity index (χ1v) is 6.95. The fraction of sp³-hybridized carbons (Fsp3) is 0.0667.